The number of piperidine rings is 1. The van der Waals surface area contributed by atoms with Gasteiger partial charge in [-0.25, -0.2) is 4.79 Å². The van der Waals surface area contributed by atoms with Crippen LogP contribution in [0, 0.1) is 0 Å². The van der Waals surface area contributed by atoms with E-state index in [1.54, 1.807) is 6.26 Å². The van der Waals surface area contributed by atoms with Crippen molar-refractivity contribution in [2.75, 3.05) is 32.5 Å². The number of carbonyl (C=O) groups excluding carboxylic acids is 1. The van der Waals surface area contributed by atoms with Crippen LogP contribution >= 0.6 is 11.8 Å². The standard InChI is InChI=1S/C11H21N3O2S/c1-17-10(12)13-11(15)16-9-5-8-14-6-3-2-4-7-14/h2-9H2,1H3,(H2,12,13,15). The molecule has 6 heteroatoms. The van der Waals surface area contributed by atoms with Gasteiger partial charge in [0.25, 0.3) is 0 Å². The first-order valence-corrected chi connectivity index (χ1v) is 7.22. The lowest BCUT2D eigenvalue weighted by Crippen LogP contribution is -2.31. The Bertz CT molecular complexity index is 265. The summed E-state index contributed by atoms with van der Waals surface area (Å²) in [4.78, 5) is 17.1. The van der Waals surface area contributed by atoms with Crippen LogP contribution in [0.1, 0.15) is 25.7 Å². The summed E-state index contributed by atoms with van der Waals surface area (Å²) >= 11 is 1.23. The molecule has 0 radical (unpaired) electrons. The molecule has 1 fully saturated rings. The highest BCUT2D eigenvalue weighted by Crippen LogP contribution is 2.08. The van der Waals surface area contributed by atoms with E-state index in [2.05, 4.69) is 9.89 Å². The van der Waals surface area contributed by atoms with Crippen molar-refractivity contribution in [2.45, 2.75) is 25.7 Å². The molecule has 0 bridgehead atoms. The van der Waals surface area contributed by atoms with Gasteiger partial charge in [-0.3, -0.25) is 0 Å². The van der Waals surface area contributed by atoms with Gasteiger partial charge in [0.05, 0.1) is 6.61 Å². The minimum absolute atomic E-state index is 0.242. The molecule has 1 saturated heterocycles. The van der Waals surface area contributed by atoms with Crippen molar-refractivity contribution in [3.63, 3.8) is 0 Å². The number of carbonyl (C=O) groups is 1. The predicted octanol–water partition coefficient (Wildman–Crippen LogP) is 1.68. The van der Waals surface area contributed by atoms with Crippen LogP contribution in [0.4, 0.5) is 4.79 Å². The third kappa shape index (κ3) is 6.53. The van der Waals surface area contributed by atoms with Crippen LogP contribution in [0.15, 0.2) is 4.99 Å². The maximum absolute atomic E-state index is 11.1. The van der Waals surface area contributed by atoms with E-state index in [9.17, 15) is 4.79 Å². The molecule has 0 aromatic carbocycles. The zero-order valence-electron chi connectivity index (χ0n) is 10.4. The van der Waals surface area contributed by atoms with Crippen LogP contribution in [-0.2, 0) is 4.74 Å². The molecule has 5 nitrogen and oxygen atoms in total. The monoisotopic (exact) mass is 259 g/mol. The Labute approximate surface area is 107 Å². The fraction of sp³-hybridized carbons (Fsp3) is 0.818. The summed E-state index contributed by atoms with van der Waals surface area (Å²) in [6, 6.07) is 0. The minimum Gasteiger partial charge on any atom is -0.448 e. The number of rotatable bonds is 4. The molecule has 17 heavy (non-hydrogen) atoms. The van der Waals surface area contributed by atoms with Crippen LogP contribution in [0.2, 0.25) is 0 Å². The summed E-state index contributed by atoms with van der Waals surface area (Å²) in [5, 5.41) is 0.242. The highest BCUT2D eigenvalue weighted by molar-refractivity contribution is 8.13. The minimum atomic E-state index is -0.588. The van der Waals surface area contributed by atoms with Gasteiger partial charge in [-0.15, -0.1) is 0 Å². The second kappa shape index (κ2) is 8.36. The first-order valence-electron chi connectivity index (χ1n) is 5.99. The molecule has 0 saturated carbocycles. The fourth-order valence-electron chi connectivity index (χ4n) is 1.80. The Balaban J connectivity index is 2.05. The Morgan fingerprint density at radius 1 is 1.41 bits per heavy atom. The molecule has 1 amide bonds. The van der Waals surface area contributed by atoms with Gasteiger partial charge in [-0.2, -0.15) is 4.99 Å². The second-order valence-corrected chi connectivity index (χ2v) is 4.85. The highest BCUT2D eigenvalue weighted by Gasteiger charge is 2.09. The molecule has 98 valence electrons. The van der Waals surface area contributed by atoms with Crippen LogP contribution in [0.25, 0.3) is 0 Å². The molecule has 0 aromatic heterocycles. The Morgan fingerprint density at radius 2 is 2.12 bits per heavy atom. The molecule has 1 heterocycles. The van der Waals surface area contributed by atoms with Crippen molar-refractivity contribution < 1.29 is 9.53 Å². The predicted molar refractivity (Wildman–Crippen MR) is 71.4 cm³/mol. The van der Waals surface area contributed by atoms with E-state index in [0.717, 1.165) is 13.0 Å². The molecule has 0 atom stereocenters. The molecule has 0 aliphatic carbocycles. The van der Waals surface area contributed by atoms with Gasteiger partial charge in [0, 0.05) is 6.54 Å². The van der Waals surface area contributed by atoms with Crippen LogP contribution < -0.4 is 5.73 Å². The average Bonchev–Trinajstić information content (AvgIpc) is 2.36. The number of amidine groups is 1. The Morgan fingerprint density at radius 3 is 2.76 bits per heavy atom. The van der Waals surface area contributed by atoms with E-state index >= 15 is 0 Å². The average molecular weight is 259 g/mol. The molecular weight excluding hydrogens is 238 g/mol. The molecule has 0 aromatic rings. The number of nitrogens with two attached hydrogens (primary N) is 1. The van der Waals surface area contributed by atoms with E-state index in [4.69, 9.17) is 10.5 Å². The van der Waals surface area contributed by atoms with E-state index in [1.165, 1.54) is 44.1 Å². The van der Waals surface area contributed by atoms with Gasteiger partial charge >= 0.3 is 6.09 Å². The largest absolute Gasteiger partial charge is 0.448 e. The fourth-order valence-corrected chi connectivity index (χ4v) is 1.96. The van der Waals surface area contributed by atoms with Crippen molar-refractivity contribution >= 4 is 23.0 Å². The van der Waals surface area contributed by atoms with Crippen LogP contribution in [0.3, 0.4) is 0 Å². The summed E-state index contributed by atoms with van der Waals surface area (Å²) in [6.45, 7) is 3.76. The maximum Gasteiger partial charge on any atom is 0.436 e. The van der Waals surface area contributed by atoms with E-state index in [1.807, 2.05) is 0 Å². The Kier molecular flexibility index (Phi) is 7.04. The van der Waals surface area contributed by atoms with Gasteiger partial charge in [0.2, 0.25) is 0 Å². The summed E-state index contributed by atoms with van der Waals surface area (Å²) in [5.41, 5.74) is 5.40. The molecule has 1 aliphatic rings. The van der Waals surface area contributed by atoms with E-state index in [0.29, 0.717) is 6.61 Å². The third-order valence-corrected chi connectivity index (χ3v) is 3.21. The summed E-state index contributed by atoms with van der Waals surface area (Å²) in [6.07, 6.45) is 5.95. The second-order valence-electron chi connectivity index (χ2n) is 4.02. The maximum atomic E-state index is 11.1. The zero-order chi connectivity index (χ0) is 12.5. The number of hydrogen-bond acceptors (Lipinski definition) is 4. The molecular formula is C11H21N3O2S. The van der Waals surface area contributed by atoms with Gasteiger partial charge in [-0.1, -0.05) is 18.2 Å². The SMILES string of the molecule is CSC(N)=NC(=O)OCCCN1CCCCC1. The third-order valence-electron chi connectivity index (χ3n) is 2.70. The van der Waals surface area contributed by atoms with E-state index in [-0.39, 0.29) is 5.17 Å². The van der Waals surface area contributed by atoms with Crippen molar-refractivity contribution in [2.24, 2.45) is 10.7 Å². The topological polar surface area (TPSA) is 67.9 Å². The molecule has 1 rings (SSSR count). The lowest BCUT2D eigenvalue weighted by atomic mass is 10.1. The highest BCUT2D eigenvalue weighted by atomic mass is 32.2. The summed E-state index contributed by atoms with van der Waals surface area (Å²) in [7, 11) is 0. The van der Waals surface area contributed by atoms with Gasteiger partial charge in [-0.05, 0) is 38.6 Å². The lowest BCUT2D eigenvalue weighted by molar-refractivity contribution is 0.144. The normalized spacial score (nSPS) is 18.1. The molecule has 1 aliphatic heterocycles. The number of thioether (sulfide) groups is 1. The number of amides is 1. The number of hydrogen-bond donors (Lipinski definition) is 1. The first-order chi connectivity index (χ1) is 8.22. The van der Waals surface area contributed by atoms with Crippen molar-refractivity contribution in [3.8, 4) is 0 Å². The van der Waals surface area contributed by atoms with E-state index < -0.39 is 6.09 Å². The number of aliphatic imine (C=N–C) groups is 1. The van der Waals surface area contributed by atoms with Crippen molar-refractivity contribution in [3.05, 3.63) is 0 Å². The molecule has 0 unspecified atom stereocenters. The van der Waals surface area contributed by atoms with Crippen molar-refractivity contribution in [1.82, 2.24) is 4.90 Å². The van der Waals surface area contributed by atoms with Crippen molar-refractivity contribution in [1.29, 1.82) is 0 Å². The number of likely N-dealkylation sites (tertiary alicyclic amines) is 1. The smallest absolute Gasteiger partial charge is 0.436 e. The Hall–Kier alpha value is -0.750. The first kappa shape index (κ1) is 14.3. The number of ether oxygens (including phenoxy) is 1. The van der Waals surface area contributed by atoms with Gasteiger partial charge in [0.15, 0.2) is 5.17 Å². The lowest BCUT2D eigenvalue weighted by Gasteiger charge is -2.26. The summed E-state index contributed by atoms with van der Waals surface area (Å²) in [5.74, 6) is 0. The quantitative estimate of drug-likeness (QED) is 0.472. The van der Waals surface area contributed by atoms with Gasteiger partial charge < -0.3 is 15.4 Å². The zero-order valence-corrected chi connectivity index (χ0v) is 11.2. The summed E-state index contributed by atoms with van der Waals surface area (Å²) < 4.78 is 4.96. The van der Waals surface area contributed by atoms with Gasteiger partial charge in [0.1, 0.15) is 0 Å². The molecule has 2 N–H and O–H groups in total. The number of nitrogens with zero attached hydrogens (tertiary/aromatic N) is 2. The molecule has 0 spiro atoms. The van der Waals surface area contributed by atoms with Crippen LogP contribution in [0.5, 0.6) is 0 Å². The van der Waals surface area contributed by atoms with Crippen LogP contribution in [-0.4, -0.2) is 48.7 Å².